The third-order valence-corrected chi connectivity index (χ3v) is 4.49. The van der Waals surface area contributed by atoms with Gasteiger partial charge in [0.1, 0.15) is 0 Å². The van der Waals surface area contributed by atoms with Crippen molar-refractivity contribution in [2.75, 3.05) is 5.32 Å². The Labute approximate surface area is 146 Å². The van der Waals surface area contributed by atoms with Gasteiger partial charge in [-0.1, -0.05) is 18.2 Å². The molecule has 0 aliphatic rings. The smallest absolute Gasteiger partial charge is 0.282 e. The van der Waals surface area contributed by atoms with Gasteiger partial charge in [0.05, 0.1) is 11.0 Å². The fourth-order valence-corrected chi connectivity index (χ4v) is 2.85. The molecule has 3 rings (SSSR count). The minimum absolute atomic E-state index is 0.0825. The number of para-hydroxylation sites is 1. The summed E-state index contributed by atoms with van der Waals surface area (Å²) in [4.78, 5) is 29.8. The predicted octanol–water partition coefficient (Wildman–Crippen LogP) is 3.59. The highest BCUT2D eigenvalue weighted by Gasteiger charge is 2.18. The molecule has 0 aliphatic carbocycles. The van der Waals surface area contributed by atoms with Gasteiger partial charge in [0.15, 0.2) is 5.69 Å². The maximum absolute atomic E-state index is 12.8. The van der Waals surface area contributed by atoms with Gasteiger partial charge >= 0.3 is 0 Å². The van der Waals surface area contributed by atoms with E-state index < -0.39 is 5.91 Å². The highest BCUT2D eigenvalue weighted by atomic mass is 16.2. The molecule has 1 amide bonds. The van der Waals surface area contributed by atoms with Crippen molar-refractivity contribution in [1.82, 2.24) is 9.55 Å². The Bertz CT molecular complexity index is 1040. The number of aromatic nitrogens is 2. The summed E-state index contributed by atoms with van der Waals surface area (Å²) in [6.07, 6.45) is 0. The normalized spacial score (nSPS) is 10.9. The van der Waals surface area contributed by atoms with Crippen LogP contribution in [0.25, 0.3) is 11.0 Å². The van der Waals surface area contributed by atoms with Gasteiger partial charge in [0, 0.05) is 12.2 Å². The van der Waals surface area contributed by atoms with Crippen LogP contribution in [0.5, 0.6) is 0 Å². The lowest BCUT2D eigenvalue weighted by Gasteiger charge is -2.13. The van der Waals surface area contributed by atoms with Crippen molar-refractivity contribution < 1.29 is 4.79 Å². The van der Waals surface area contributed by atoms with E-state index in [2.05, 4.69) is 10.3 Å². The SMILES string of the molecule is CCn1c(=O)c(C(=O)Nc2ccccc2C)nc2cc(C)c(C)cc21. The van der Waals surface area contributed by atoms with Crippen LogP contribution in [0.2, 0.25) is 0 Å². The predicted molar refractivity (Wildman–Crippen MR) is 100 cm³/mol. The van der Waals surface area contributed by atoms with Gasteiger partial charge in [-0.05, 0) is 62.6 Å². The first kappa shape index (κ1) is 16.9. The second kappa shape index (κ2) is 6.51. The number of nitrogens with zero attached hydrogens (tertiary/aromatic N) is 2. The second-order valence-electron chi connectivity index (χ2n) is 6.20. The number of carbonyl (C=O) groups is 1. The van der Waals surface area contributed by atoms with Gasteiger partial charge in [0.2, 0.25) is 0 Å². The van der Waals surface area contributed by atoms with E-state index in [1.807, 2.05) is 58.0 Å². The van der Waals surface area contributed by atoms with Crippen molar-refractivity contribution in [2.45, 2.75) is 34.2 Å². The summed E-state index contributed by atoms with van der Waals surface area (Å²) in [5, 5.41) is 2.79. The molecule has 0 bridgehead atoms. The van der Waals surface area contributed by atoms with E-state index in [-0.39, 0.29) is 11.3 Å². The Morgan fingerprint density at radius 2 is 1.76 bits per heavy atom. The summed E-state index contributed by atoms with van der Waals surface area (Å²) in [6, 6.07) is 11.3. The fourth-order valence-electron chi connectivity index (χ4n) is 2.85. The first-order valence-corrected chi connectivity index (χ1v) is 8.31. The van der Waals surface area contributed by atoms with Crippen molar-refractivity contribution in [3.05, 3.63) is 69.1 Å². The van der Waals surface area contributed by atoms with Crippen molar-refractivity contribution >= 4 is 22.6 Å². The Balaban J connectivity index is 2.14. The Morgan fingerprint density at radius 3 is 2.44 bits per heavy atom. The van der Waals surface area contributed by atoms with Crippen LogP contribution in [0, 0.1) is 20.8 Å². The summed E-state index contributed by atoms with van der Waals surface area (Å²) in [5.41, 5.74) is 4.73. The molecule has 1 N–H and O–H groups in total. The number of aryl methyl sites for hydroxylation is 4. The van der Waals surface area contributed by atoms with Crippen LogP contribution < -0.4 is 10.9 Å². The van der Waals surface area contributed by atoms with Crippen LogP contribution >= 0.6 is 0 Å². The third-order valence-electron chi connectivity index (χ3n) is 4.49. The molecule has 128 valence electrons. The van der Waals surface area contributed by atoms with Crippen LogP contribution in [0.15, 0.2) is 41.2 Å². The zero-order chi connectivity index (χ0) is 18.1. The van der Waals surface area contributed by atoms with E-state index in [0.29, 0.717) is 17.7 Å². The standard InChI is InChI=1S/C20H21N3O2/c1-5-23-17-11-14(4)13(3)10-16(17)21-18(20(23)25)19(24)22-15-9-7-6-8-12(15)2/h6-11H,5H2,1-4H3,(H,22,24). The molecule has 5 heteroatoms. The van der Waals surface area contributed by atoms with Gasteiger partial charge in [-0.3, -0.25) is 9.59 Å². The molecule has 0 unspecified atom stereocenters. The minimum Gasteiger partial charge on any atom is -0.320 e. The fraction of sp³-hybridized carbons (Fsp3) is 0.250. The van der Waals surface area contributed by atoms with E-state index in [1.54, 1.807) is 10.6 Å². The number of nitrogens with one attached hydrogen (secondary N) is 1. The van der Waals surface area contributed by atoms with Crippen LogP contribution in [0.1, 0.15) is 34.1 Å². The number of benzene rings is 2. The molecule has 3 aromatic rings. The molecule has 5 nitrogen and oxygen atoms in total. The second-order valence-corrected chi connectivity index (χ2v) is 6.20. The average Bonchev–Trinajstić information content (AvgIpc) is 2.58. The van der Waals surface area contributed by atoms with E-state index in [1.165, 1.54) is 0 Å². The molecule has 1 heterocycles. The quantitative estimate of drug-likeness (QED) is 0.795. The molecule has 0 fully saturated rings. The first-order valence-electron chi connectivity index (χ1n) is 8.31. The molecule has 25 heavy (non-hydrogen) atoms. The molecule has 2 aromatic carbocycles. The Hall–Kier alpha value is -2.95. The highest BCUT2D eigenvalue weighted by molar-refractivity contribution is 6.04. The van der Waals surface area contributed by atoms with Gasteiger partial charge in [-0.2, -0.15) is 0 Å². The lowest BCUT2D eigenvalue weighted by molar-refractivity contribution is 0.102. The first-order chi connectivity index (χ1) is 11.9. The van der Waals surface area contributed by atoms with E-state index in [4.69, 9.17) is 0 Å². The van der Waals surface area contributed by atoms with E-state index >= 15 is 0 Å². The number of rotatable bonds is 3. The highest BCUT2D eigenvalue weighted by Crippen LogP contribution is 2.18. The van der Waals surface area contributed by atoms with E-state index in [9.17, 15) is 9.59 Å². The summed E-state index contributed by atoms with van der Waals surface area (Å²) in [6.45, 7) is 8.26. The lowest BCUT2D eigenvalue weighted by atomic mass is 10.1. The van der Waals surface area contributed by atoms with Crippen molar-refractivity contribution in [2.24, 2.45) is 0 Å². The average molecular weight is 335 g/mol. The van der Waals surface area contributed by atoms with Crippen LogP contribution in [-0.4, -0.2) is 15.5 Å². The largest absolute Gasteiger partial charge is 0.320 e. The van der Waals surface area contributed by atoms with Gasteiger partial charge in [-0.25, -0.2) is 4.98 Å². The maximum Gasteiger partial charge on any atom is 0.282 e. The maximum atomic E-state index is 12.8. The molecule has 1 aromatic heterocycles. The monoisotopic (exact) mass is 335 g/mol. The number of amides is 1. The molecule has 0 radical (unpaired) electrons. The molecule has 0 aliphatic heterocycles. The Kier molecular flexibility index (Phi) is 4.40. The Morgan fingerprint density at radius 1 is 1.08 bits per heavy atom. The van der Waals surface area contributed by atoms with Crippen LogP contribution in [-0.2, 0) is 6.54 Å². The zero-order valence-electron chi connectivity index (χ0n) is 14.9. The van der Waals surface area contributed by atoms with Gasteiger partial charge in [0.25, 0.3) is 11.5 Å². The molecule has 0 atom stereocenters. The number of carbonyl (C=O) groups excluding carboxylic acids is 1. The minimum atomic E-state index is -0.485. The van der Waals surface area contributed by atoms with Gasteiger partial charge < -0.3 is 9.88 Å². The topological polar surface area (TPSA) is 64.0 Å². The molecule has 0 spiro atoms. The van der Waals surface area contributed by atoms with E-state index in [0.717, 1.165) is 22.2 Å². The third kappa shape index (κ3) is 3.05. The summed E-state index contributed by atoms with van der Waals surface area (Å²) >= 11 is 0. The van der Waals surface area contributed by atoms with Crippen molar-refractivity contribution in [3.63, 3.8) is 0 Å². The lowest BCUT2D eigenvalue weighted by Crippen LogP contribution is -2.31. The summed E-state index contributed by atoms with van der Waals surface area (Å²) < 4.78 is 1.60. The zero-order valence-corrected chi connectivity index (χ0v) is 14.9. The molecule has 0 saturated heterocycles. The van der Waals surface area contributed by atoms with Crippen molar-refractivity contribution in [1.29, 1.82) is 0 Å². The molecular weight excluding hydrogens is 314 g/mol. The number of anilines is 1. The molecular formula is C20H21N3O2. The number of hydrogen-bond donors (Lipinski definition) is 1. The number of hydrogen-bond acceptors (Lipinski definition) is 3. The van der Waals surface area contributed by atoms with Crippen LogP contribution in [0.4, 0.5) is 5.69 Å². The van der Waals surface area contributed by atoms with Gasteiger partial charge in [-0.15, -0.1) is 0 Å². The number of fused-ring (bicyclic) bond motifs is 1. The van der Waals surface area contributed by atoms with Crippen LogP contribution in [0.3, 0.4) is 0 Å². The molecule has 0 saturated carbocycles. The summed E-state index contributed by atoms with van der Waals surface area (Å²) in [5.74, 6) is -0.485. The van der Waals surface area contributed by atoms with Crippen molar-refractivity contribution in [3.8, 4) is 0 Å². The summed E-state index contributed by atoms with van der Waals surface area (Å²) in [7, 11) is 0.